The summed E-state index contributed by atoms with van der Waals surface area (Å²) in [7, 11) is 0. The zero-order chi connectivity index (χ0) is 18.1. The van der Waals surface area contributed by atoms with Gasteiger partial charge >= 0.3 is 0 Å². The molecule has 1 aliphatic heterocycles. The van der Waals surface area contributed by atoms with E-state index in [-0.39, 0.29) is 23.7 Å². The van der Waals surface area contributed by atoms with Crippen LogP contribution in [0.3, 0.4) is 0 Å². The van der Waals surface area contributed by atoms with Crippen LogP contribution in [-0.2, 0) is 4.79 Å². The number of nitrogens with one attached hydrogen (secondary N) is 1. The van der Waals surface area contributed by atoms with Crippen LogP contribution in [0.25, 0.3) is 0 Å². The van der Waals surface area contributed by atoms with Gasteiger partial charge in [0.25, 0.3) is 5.91 Å². The van der Waals surface area contributed by atoms with Crippen molar-refractivity contribution in [3.8, 4) is 0 Å². The average Bonchev–Trinajstić information content (AvgIpc) is 3.27. The van der Waals surface area contributed by atoms with E-state index in [0.29, 0.717) is 10.6 Å². The molecule has 26 heavy (non-hydrogen) atoms. The van der Waals surface area contributed by atoms with Gasteiger partial charge < -0.3 is 10.2 Å². The van der Waals surface area contributed by atoms with Gasteiger partial charge in [0.2, 0.25) is 5.91 Å². The zero-order valence-corrected chi connectivity index (χ0v) is 15.2. The Morgan fingerprint density at radius 1 is 0.962 bits per heavy atom. The molecule has 1 aliphatic carbocycles. The minimum Gasteiger partial charge on any atom is -0.339 e. The maximum absolute atomic E-state index is 12.4. The molecule has 2 aliphatic rings. The highest BCUT2D eigenvalue weighted by Crippen LogP contribution is 2.48. The minimum absolute atomic E-state index is 0.00193. The highest BCUT2D eigenvalue weighted by Gasteiger charge is 2.43. The zero-order valence-electron chi connectivity index (χ0n) is 14.5. The Balaban J connectivity index is 1.35. The van der Waals surface area contributed by atoms with Crippen LogP contribution in [0.2, 0.25) is 5.02 Å². The van der Waals surface area contributed by atoms with Crippen molar-refractivity contribution in [1.82, 2.24) is 4.90 Å². The van der Waals surface area contributed by atoms with E-state index < -0.39 is 0 Å². The second kappa shape index (κ2) is 7.12. The van der Waals surface area contributed by atoms with Crippen molar-refractivity contribution < 1.29 is 9.59 Å². The molecule has 0 unspecified atom stereocenters. The summed E-state index contributed by atoms with van der Waals surface area (Å²) >= 11 is 5.91. The quantitative estimate of drug-likeness (QED) is 0.873. The van der Waals surface area contributed by atoms with Gasteiger partial charge in [0, 0.05) is 35.3 Å². The Bertz CT molecular complexity index is 811. The number of amides is 2. The lowest BCUT2D eigenvalue weighted by atomic mass is 10.1. The Kier molecular flexibility index (Phi) is 4.68. The summed E-state index contributed by atoms with van der Waals surface area (Å²) < 4.78 is 0. The summed E-state index contributed by atoms with van der Waals surface area (Å²) in [4.78, 5) is 26.7. The summed E-state index contributed by atoms with van der Waals surface area (Å²) in [6, 6.07) is 14.9. The molecule has 1 saturated carbocycles. The second-order valence-electron chi connectivity index (χ2n) is 7.07. The number of likely N-dealkylation sites (tertiary alicyclic amines) is 1. The molecular formula is C21H21ClN2O2. The summed E-state index contributed by atoms with van der Waals surface area (Å²) in [5.74, 6) is 0.374. The van der Waals surface area contributed by atoms with E-state index in [1.54, 1.807) is 24.3 Å². The van der Waals surface area contributed by atoms with Crippen LogP contribution in [0.4, 0.5) is 5.69 Å². The van der Waals surface area contributed by atoms with Gasteiger partial charge in [0.15, 0.2) is 0 Å². The Hall–Kier alpha value is -2.33. The van der Waals surface area contributed by atoms with E-state index in [1.807, 2.05) is 29.2 Å². The maximum atomic E-state index is 12.4. The Morgan fingerprint density at radius 3 is 2.27 bits per heavy atom. The molecule has 4 nitrogen and oxygen atoms in total. The van der Waals surface area contributed by atoms with Crippen LogP contribution >= 0.6 is 11.6 Å². The number of carbonyl (C=O) groups is 2. The molecule has 134 valence electrons. The van der Waals surface area contributed by atoms with Gasteiger partial charge in [0.1, 0.15) is 0 Å². The van der Waals surface area contributed by atoms with Crippen LogP contribution < -0.4 is 5.32 Å². The standard InChI is InChI=1S/C21H21ClN2O2/c22-16-7-3-14(4-8-16)18-13-19(18)20(25)23-17-9-5-15(6-10-17)21(26)24-11-1-2-12-24/h3-10,18-19H,1-2,11-13H2,(H,23,25)/t18-,19-/m0/s1. The maximum Gasteiger partial charge on any atom is 0.253 e. The van der Waals surface area contributed by atoms with Gasteiger partial charge in [-0.15, -0.1) is 0 Å². The van der Waals surface area contributed by atoms with Gasteiger partial charge in [-0.2, -0.15) is 0 Å². The van der Waals surface area contributed by atoms with Gasteiger partial charge in [-0.25, -0.2) is 0 Å². The van der Waals surface area contributed by atoms with Gasteiger partial charge in [-0.1, -0.05) is 23.7 Å². The van der Waals surface area contributed by atoms with Crippen molar-refractivity contribution in [2.24, 2.45) is 5.92 Å². The lowest BCUT2D eigenvalue weighted by molar-refractivity contribution is -0.117. The smallest absolute Gasteiger partial charge is 0.253 e. The van der Waals surface area contributed by atoms with E-state index in [1.165, 1.54) is 0 Å². The van der Waals surface area contributed by atoms with Crippen LogP contribution in [0.15, 0.2) is 48.5 Å². The molecule has 1 saturated heterocycles. The van der Waals surface area contributed by atoms with Gasteiger partial charge in [0.05, 0.1) is 0 Å². The Labute approximate surface area is 158 Å². The highest BCUT2D eigenvalue weighted by atomic mass is 35.5. The lowest BCUT2D eigenvalue weighted by Crippen LogP contribution is -2.27. The molecule has 2 amide bonds. The average molecular weight is 369 g/mol. The van der Waals surface area contributed by atoms with Crippen LogP contribution in [0.1, 0.15) is 41.1 Å². The molecule has 2 fully saturated rings. The Morgan fingerprint density at radius 2 is 1.62 bits per heavy atom. The number of anilines is 1. The van der Waals surface area contributed by atoms with Crippen molar-refractivity contribution in [2.45, 2.75) is 25.2 Å². The monoisotopic (exact) mass is 368 g/mol. The summed E-state index contributed by atoms with van der Waals surface area (Å²) in [6.45, 7) is 1.68. The predicted octanol–water partition coefficient (Wildman–Crippen LogP) is 4.32. The molecule has 2 atom stereocenters. The molecule has 2 aromatic rings. The third-order valence-electron chi connectivity index (χ3n) is 5.22. The summed E-state index contributed by atoms with van der Waals surface area (Å²) in [5, 5.41) is 3.67. The molecule has 2 aromatic carbocycles. The summed E-state index contributed by atoms with van der Waals surface area (Å²) in [5.41, 5.74) is 2.56. The van der Waals surface area contributed by atoms with Gasteiger partial charge in [-0.05, 0) is 67.1 Å². The van der Waals surface area contributed by atoms with Crippen LogP contribution in [0, 0.1) is 5.92 Å². The largest absolute Gasteiger partial charge is 0.339 e. The molecule has 5 heteroatoms. The molecular weight excluding hydrogens is 348 g/mol. The molecule has 1 N–H and O–H groups in total. The van der Waals surface area contributed by atoms with Crippen LogP contribution in [0.5, 0.6) is 0 Å². The number of halogens is 1. The van der Waals surface area contributed by atoms with Crippen LogP contribution in [-0.4, -0.2) is 29.8 Å². The molecule has 0 spiro atoms. The first-order valence-electron chi connectivity index (χ1n) is 9.07. The number of nitrogens with zero attached hydrogens (tertiary/aromatic N) is 1. The molecule has 4 rings (SSSR count). The van der Waals surface area contributed by atoms with E-state index in [0.717, 1.165) is 43.6 Å². The number of rotatable bonds is 4. The number of hydrogen-bond acceptors (Lipinski definition) is 2. The number of benzene rings is 2. The van der Waals surface area contributed by atoms with Crippen molar-refractivity contribution in [1.29, 1.82) is 0 Å². The van der Waals surface area contributed by atoms with Crippen molar-refractivity contribution >= 4 is 29.1 Å². The third kappa shape index (κ3) is 3.61. The number of carbonyl (C=O) groups excluding carboxylic acids is 2. The van der Waals surface area contributed by atoms with E-state index in [4.69, 9.17) is 11.6 Å². The number of hydrogen-bond donors (Lipinski definition) is 1. The third-order valence-corrected chi connectivity index (χ3v) is 5.47. The van der Waals surface area contributed by atoms with Gasteiger partial charge in [-0.3, -0.25) is 9.59 Å². The van der Waals surface area contributed by atoms with E-state index in [2.05, 4.69) is 5.32 Å². The SMILES string of the molecule is O=C(Nc1ccc(C(=O)N2CCCC2)cc1)[C@H]1C[C@H]1c1ccc(Cl)cc1. The molecule has 1 heterocycles. The van der Waals surface area contributed by atoms with E-state index >= 15 is 0 Å². The predicted molar refractivity (Wildman–Crippen MR) is 103 cm³/mol. The molecule has 0 bridgehead atoms. The van der Waals surface area contributed by atoms with E-state index in [9.17, 15) is 9.59 Å². The van der Waals surface area contributed by atoms with Crippen molar-refractivity contribution in [2.75, 3.05) is 18.4 Å². The lowest BCUT2D eigenvalue weighted by Gasteiger charge is -2.15. The fourth-order valence-electron chi connectivity index (χ4n) is 3.60. The normalized spacial score (nSPS) is 21.5. The topological polar surface area (TPSA) is 49.4 Å². The van der Waals surface area contributed by atoms with Crippen molar-refractivity contribution in [3.63, 3.8) is 0 Å². The molecule has 0 radical (unpaired) electrons. The van der Waals surface area contributed by atoms with Crippen molar-refractivity contribution in [3.05, 3.63) is 64.7 Å². The first-order chi connectivity index (χ1) is 12.6. The minimum atomic E-state index is 0.00193. The first-order valence-corrected chi connectivity index (χ1v) is 9.45. The highest BCUT2D eigenvalue weighted by molar-refractivity contribution is 6.30. The fraction of sp³-hybridized carbons (Fsp3) is 0.333. The molecule has 0 aromatic heterocycles. The first kappa shape index (κ1) is 17.1. The summed E-state index contributed by atoms with van der Waals surface area (Å²) in [6.07, 6.45) is 3.02. The fourth-order valence-corrected chi connectivity index (χ4v) is 3.72. The second-order valence-corrected chi connectivity index (χ2v) is 7.50.